The lowest BCUT2D eigenvalue weighted by Gasteiger charge is -2.03. The van der Waals surface area contributed by atoms with Crippen molar-refractivity contribution in [2.75, 3.05) is 6.54 Å². The van der Waals surface area contributed by atoms with Gasteiger partial charge in [-0.25, -0.2) is 9.78 Å². The summed E-state index contributed by atoms with van der Waals surface area (Å²) >= 11 is 0. The van der Waals surface area contributed by atoms with Gasteiger partial charge in [-0.15, -0.1) is 0 Å². The Bertz CT molecular complexity index is 696. The summed E-state index contributed by atoms with van der Waals surface area (Å²) < 4.78 is 2.24. The molecule has 2 heterocycles. The number of H-pyrrole nitrogens is 1. The van der Waals surface area contributed by atoms with Gasteiger partial charge in [0.25, 0.3) is 5.56 Å². The molecular weight excluding hydrogens is 238 g/mol. The van der Waals surface area contributed by atoms with Gasteiger partial charge in [0.2, 0.25) is 0 Å². The first kappa shape index (κ1) is 12.5. The molecule has 0 fully saturated rings. The Morgan fingerprint density at radius 3 is 2.67 bits per heavy atom. The maximum atomic E-state index is 11.9. The van der Waals surface area contributed by atoms with Crippen LogP contribution in [0.3, 0.4) is 0 Å². The Kier molecular flexibility index (Phi) is 3.05. The molecule has 1 unspecified atom stereocenters. The van der Waals surface area contributed by atoms with Gasteiger partial charge in [0.1, 0.15) is 17.4 Å². The zero-order valence-electron chi connectivity index (χ0n) is 10.2. The average Bonchev–Trinajstić information content (AvgIpc) is 2.79. The Balaban J connectivity index is 2.72. The first-order valence-electron chi connectivity index (χ1n) is 5.51. The monoisotopic (exact) mass is 253 g/mol. The Hall–Kier alpha value is -1.93. The third-order valence-electron chi connectivity index (χ3n) is 2.87. The maximum absolute atomic E-state index is 11.9. The second kappa shape index (κ2) is 4.39. The Morgan fingerprint density at radius 1 is 1.39 bits per heavy atom. The molecule has 1 atom stereocenters. The molecule has 2 rings (SSSR count). The first-order valence-corrected chi connectivity index (χ1v) is 5.51. The van der Waals surface area contributed by atoms with Crippen LogP contribution in [0.2, 0.25) is 0 Å². The Morgan fingerprint density at radius 2 is 2.06 bits per heavy atom. The number of imidazole rings is 1. The van der Waals surface area contributed by atoms with E-state index in [9.17, 15) is 14.7 Å². The van der Waals surface area contributed by atoms with Crippen LogP contribution in [0.15, 0.2) is 9.59 Å². The van der Waals surface area contributed by atoms with Gasteiger partial charge in [0, 0.05) is 14.1 Å². The van der Waals surface area contributed by atoms with E-state index >= 15 is 0 Å². The Labute approximate surface area is 102 Å². The zero-order valence-corrected chi connectivity index (χ0v) is 10.2. The van der Waals surface area contributed by atoms with Gasteiger partial charge < -0.3 is 15.8 Å². The average molecular weight is 253 g/mol. The second-order valence-electron chi connectivity index (χ2n) is 4.12. The molecule has 2 aromatic heterocycles. The summed E-state index contributed by atoms with van der Waals surface area (Å²) in [5.74, 6) is 0.244. The minimum atomic E-state index is -0.873. The van der Waals surface area contributed by atoms with Crippen molar-refractivity contribution in [3.8, 4) is 0 Å². The SMILES string of the molecule is Cn1c(=O)c2[nH]c(C(O)CCN)nc2n(C)c1=O. The molecule has 8 heteroatoms. The highest BCUT2D eigenvalue weighted by atomic mass is 16.3. The number of rotatable bonds is 3. The molecule has 0 spiro atoms. The van der Waals surface area contributed by atoms with E-state index in [1.54, 1.807) is 0 Å². The van der Waals surface area contributed by atoms with Crippen molar-refractivity contribution >= 4 is 11.2 Å². The maximum Gasteiger partial charge on any atom is 0.332 e. The summed E-state index contributed by atoms with van der Waals surface area (Å²) in [4.78, 5) is 30.4. The highest BCUT2D eigenvalue weighted by Crippen LogP contribution is 2.14. The third kappa shape index (κ3) is 1.75. The molecule has 0 saturated heterocycles. The summed E-state index contributed by atoms with van der Waals surface area (Å²) in [6.07, 6.45) is -0.545. The number of nitrogens with two attached hydrogens (primary N) is 1. The number of nitrogens with zero attached hydrogens (tertiary/aromatic N) is 3. The normalized spacial score (nSPS) is 13.1. The molecular formula is C10H15N5O3. The van der Waals surface area contributed by atoms with E-state index < -0.39 is 17.4 Å². The highest BCUT2D eigenvalue weighted by Gasteiger charge is 2.17. The van der Waals surface area contributed by atoms with Crippen molar-refractivity contribution in [1.82, 2.24) is 19.1 Å². The van der Waals surface area contributed by atoms with E-state index in [1.165, 1.54) is 18.7 Å². The largest absolute Gasteiger partial charge is 0.385 e. The van der Waals surface area contributed by atoms with E-state index in [-0.39, 0.29) is 17.0 Å². The van der Waals surface area contributed by atoms with Crippen LogP contribution in [0.5, 0.6) is 0 Å². The van der Waals surface area contributed by atoms with Crippen LogP contribution in [0.4, 0.5) is 0 Å². The summed E-state index contributed by atoms with van der Waals surface area (Å²) in [6, 6.07) is 0. The molecule has 0 aliphatic carbocycles. The summed E-state index contributed by atoms with van der Waals surface area (Å²) in [7, 11) is 2.91. The minimum Gasteiger partial charge on any atom is -0.385 e. The van der Waals surface area contributed by atoms with Crippen LogP contribution >= 0.6 is 0 Å². The molecule has 0 aliphatic heterocycles. The van der Waals surface area contributed by atoms with Crippen molar-refractivity contribution in [3.05, 3.63) is 26.7 Å². The molecule has 0 aliphatic rings. The molecule has 0 saturated carbocycles. The number of nitrogens with one attached hydrogen (secondary N) is 1. The smallest absolute Gasteiger partial charge is 0.332 e. The van der Waals surface area contributed by atoms with E-state index in [1.807, 2.05) is 0 Å². The fourth-order valence-electron chi connectivity index (χ4n) is 1.80. The summed E-state index contributed by atoms with van der Waals surface area (Å²) in [5.41, 5.74) is 4.85. The van der Waals surface area contributed by atoms with Crippen LogP contribution in [0, 0.1) is 0 Å². The molecule has 0 aromatic carbocycles. The number of aliphatic hydroxyl groups is 1. The summed E-state index contributed by atoms with van der Waals surface area (Å²) in [5, 5.41) is 9.77. The predicted octanol–water partition coefficient (Wildman–Crippen LogP) is -1.66. The first-order chi connectivity index (χ1) is 8.47. The third-order valence-corrected chi connectivity index (χ3v) is 2.87. The number of aromatic nitrogens is 4. The minimum absolute atomic E-state index is 0.200. The van der Waals surface area contributed by atoms with Gasteiger partial charge in [-0.3, -0.25) is 13.9 Å². The highest BCUT2D eigenvalue weighted by molar-refractivity contribution is 5.69. The predicted molar refractivity (Wildman–Crippen MR) is 65.2 cm³/mol. The molecule has 4 N–H and O–H groups in total. The lowest BCUT2D eigenvalue weighted by Crippen LogP contribution is -2.36. The van der Waals surface area contributed by atoms with Crippen LogP contribution in [0.25, 0.3) is 11.2 Å². The zero-order chi connectivity index (χ0) is 13.4. The summed E-state index contributed by atoms with van der Waals surface area (Å²) in [6.45, 7) is 0.301. The fraction of sp³-hybridized carbons (Fsp3) is 0.500. The van der Waals surface area contributed by atoms with E-state index in [0.29, 0.717) is 13.0 Å². The van der Waals surface area contributed by atoms with Gasteiger partial charge >= 0.3 is 5.69 Å². The van der Waals surface area contributed by atoms with Crippen LogP contribution < -0.4 is 17.0 Å². The van der Waals surface area contributed by atoms with E-state index in [2.05, 4.69) is 9.97 Å². The molecule has 0 amide bonds. The lowest BCUT2D eigenvalue weighted by atomic mass is 10.2. The molecule has 18 heavy (non-hydrogen) atoms. The lowest BCUT2D eigenvalue weighted by molar-refractivity contribution is 0.161. The standard InChI is InChI=1S/C10H15N5O3/c1-14-8-6(9(17)15(2)10(14)18)12-7(13-8)5(16)3-4-11/h5,16H,3-4,11H2,1-2H3,(H,12,13). The van der Waals surface area contributed by atoms with E-state index in [4.69, 9.17) is 5.73 Å². The van der Waals surface area contributed by atoms with Crippen molar-refractivity contribution in [3.63, 3.8) is 0 Å². The number of aliphatic hydroxyl groups excluding tert-OH is 1. The van der Waals surface area contributed by atoms with Crippen molar-refractivity contribution in [2.24, 2.45) is 19.8 Å². The molecule has 8 nitrogen and oxygen atoms in total. The van der Waals surface area contributed by atoms with Gasteiger partial charge in [-0.05, 0) is 13.0 Å². The van der Waals surface area contributed by atoms with E-state index in [0.717, 1.165) is 4.57 Å². The second-order valence-corrected chi connectivity index (χ2v) is 4.12. The quantitative estimate of drug-likeness (QED) is 0.605. The number of hydrogen-bond donors (Lipinski definition) is 3. The van der Waals surface area contributed by atoms with Gasteiger partial charge in [0.15, 0.2) is 5.65 Å². The van der Waals surface area contributed by atoms with Gasteiger partial charge in [0.05, 0.1) is 0 Å². The van der Waals surface area contributed by atoms with Crippen LogP contribution in [0.1, 0.15) is 18.3 Å². The van der Waals surface area contributed by atoms with Crippen LogP contribution in [-0.2, 0) is 14.1 Å². The fourth-order valence-corrected chi connectivity index (χ4v) is 1.80. The topological polar surface area (TPSA) is 119 Å². The molecule has 0 bridgehead atoms. The molecule has 98 valence electrons. The van der Waals surface area contributed by atoms with Crippen molar-refractivity contribution in [1.29, 1.82) is 0 Å². The van der Waals surface area contributed by atoms with Crippen molar-refractivity contribution < 1.29 is 5.11 Å². The number of fused-ring (bicyclic) bond motifs is 1. The van der Waals surface area contributed by atoms with Crippen molar-refractivity contribution in [2.45, 2.75) is 12.5 Å². The number of aromatic amines is 1. The van der Waals surface area contributed by atoms with Gasteiger partial charge in [-0.1, -0.05) is 0 Å². The van der Waals surface area contributed by atoms with Crippen LogP contribution in [-0.4, -0.2) is 30.8 Å². The number of hydrogen-bond acceptors (Lipinski definition) is 5. The van der Waals surface area contributed by atoms with Gasteiger partial charge in [-0.2, -0.15) is 0 Å². The molecule has 2 aromatic rings. The molecule has 0 radical (unpaired) electrons. The number of aryl methyl sites for hydroxylation is 1.